The first kappa shape index (κ1) is 13.5. The molecular weight excluding hydrogens is 244 g/mol. The van der Waals surface area contributed by atoms with E-state index < -0.39 is 0 Å². The van der Waals surface area contributed by atoms with Gasteiger partial charge in [0.05, 0.1) is 0 Å². The summed E-state index contributed by atoms with van der Waals surface area (Å²) in [5, 5.41) is 5.61. The zero-order chi connectivity index (χ0) is 13.9. The van der Waals surface area contributed by atoms with Crippen molar-refractivity contribution in [2.75, 3.05) is 25.1 Å². The zero-order valence-corrected chi connectivity index (χ0v) is 11.6. The number of nitrogens with one attached hydrogen (secondary N) is 2. The van der Waals surface area contributed by atoms with Crippen LogP contribution in [0.5, 0.6) is 11.5 Å². The Morgan fingerprint density at radius 2 is 1.89 bits per heavy atom. The number of fused-ring (bicyclic) bond motifs is 1. The van der Waals surface area contributed by atoms with Gasteiger partial charge in [0.25, 0.3) is 0 Å². The van der Waals surface area contributed by atoms with Crippen molar-refractivity contribution in [3.63, 3.8) is 0 Å². The lowest BCUT2D eigenvalue weighted by Gasteiger charge is -2.20. The maximum absolute atomic E-state index is 11.7. The molecule has 0 saturated heterocycles. The predicted octanol–water partition coefficient (Wildman–Crippen LogP) is 2.63. The molecule has 2 rings (SSSR count). The van der Waals surface area contributed by atoms with Crippen molar-refractivity contribution in [1.29, 1.82) is 0 Å². The van der Waals surface area contributed by atoms with Gasteiger partial charge in [0.1, 0.15) is 13.2 Å². The lowest BCUT2D eigenvalue weighted by Crippen LogP contribution is -2.35. The molecule has 0 bridgehead atoms. The van der Waals surface area contributed by atoms with E-state index in [1.54, 1.807) is 18.2 Å². The maximum Gasteiger partial charge on any atom is 0.319 e. The molecule has 19 heavy (non-hydrogen) atoms. The third kappa shape index (κ3) is 4.05. The second kappa shape index (κ2) is 5.38. The fraction of sp³-hybridized carbons (Fsp3) is 0.500. The SMILES string of the molecule is CC(C)(C)CNC(=O)Nc1ccc2c(c1)OCCO2. The molecule has 0 atom stereocenters. The molecule has 2 N–H and O–H groups in total. The number of anilines is 1. The van der Waals surface area contributed by atoms with E-state index in [0.29, 0.717) is 36.9 Å². The molecule has 0 radical (unpaired) electrons. The summed E-state index contributed by atoms with van der Waals surface area (Å²) >= 11 is 0. The average molecular weight is 264 g/mol. The highest BCUT2D eigenvalue weighted by Crippen LogP contribution is 2.32. The Hall–Kier alpha value is -1.91. The minimum atomic E-state index is -0.216. The topological polar surface area (TPSA) is 59.6 Å². The molecular formula is C14H20N2O3. The number of hydrogen-bond acceptors (Lipinski definition) is 3. The van der Waals surface area contributed by atoms with Crippen molar-refractivity contribution in [1.82, 2.24) is 5.32 Å². The second-order valence-electron chi connectivity index (χ2n) is 5.73. The van der Waals surface area contributed by atoms with E-state index in [9.17, 15) is 4.79 Å². The summed E-state index contributed by atoms with van der Waals surface area (Å²) in [6, 6.07) is 5.15. The summed E-state index contributed by atoms with van der Waals surface area (Å²) in [7, 11) is 0. The Labute approximate surface area is 113 Å². The molecule has 1 heterocycles. The van der Waals surface area contributed by atoms with Gasteiger partial charge in [-0.05, 0) is 17.5 Å². The Kier molecular flexibility index (Phi) is 3.83. The number of carbonyl (C=O) groups excluding carboxylic acids is 1. The van der Waals surface area contributed by atoms with Gasteiger partial charge in [-0.3, -0.25) is 0 Å². The molecule has 1 aromatic rings. The highest BCUT2D eigenvalue weighted by Gasteiger charge is 2.14. The molecule has 1 aromatic carbocycles. The van der Waals surface area contributed by atoms with Crippen molar-refractivity contribution >= 4 is 11.7 Å². The smallest absolute Gasteiger partial charge is 0.319 e. The summed E-state index contributed by atoms with van der Waals surface area (Å²) in [5.74, 6) is 1.38. The van der Waals surface area contributed by atoms with E-state index in [-0.39, 0.29) is 11.4 Å². The van der Waals surface area contributed by atoms with Gasteiger partial charge in [0.15, 0.2) is 11.5 Å². The number of carbonyl (C=O) groups is 1. The van der Waals surface area contributed by atoms with Gasteiger partial charge < -0.3 is 20.1 Å². The van der Waals surface area contributed by atoms with Crippen LogP contribution >= 0.6 is 0 Å². The fourth-order valence-electron chi connectivity index (χ4n) is 1.64. The largest absolute Gasteiger partial charge is 0.486 e. The molecule has 0 aromatic heterocycles. The third-order valence-corrected chi connectivity index (χ3v) is 2.58. The highest BCUT2D eigenvalue weighted by atomic mass is 16.6. The van der Waals surface area contributed by atoms with E-state index >= 15 is 0 Å². The molecule has 104 valence electrons. The minimum Gasteiger partial charge on any atom is -0.486 e. The lowest BCUT2D eigenvalue weighted by atomic mass is 9.97. The summed E-state index contributed by atoms with van der Waals surface area (Å²) in [6.45, 7) is 7.91. The van der Waals surface area contributed by atoms with Crippen LogP contribution in [0, 0.1) is 5.41 Å². The first-order chi connectivity index (χ1) is 8.94. The van der Waals surface area contributed by atoms with Crippen molar-refractivity contribution in [2.45, 2.75) is 20.8 Å². The van der Waals surface area contributed by atoms with E-state index in [0.717, 1.165) is 0 Å². The van der Waals surface area contributed by atoms with Gasteiger partial charge in [0.2, 0.25) is 0 Å². The van der Waals surface area contributed by atoms with E-state index in [4.69, 9.17) is 9.47 Å². The van der Waals surface area contributed by atoms with Crippen LogP contribution in [0.25, 0.3) is 0 Å². The van der Waals surface area contributed by atoms with Gasteiger partial charge >= 0.3 is 6.03 Å². The van der Waals surface area contributed by atoms with E-state index in [1.165, 1.54) is 0 Å². The molecule has 1 aliphatic rings. The maximum atomic E-state index is 11.7. The number of amides is 2. The molecule has 0 aliphatic carbocycles. The molecule has 0 fully saturated rings. The van der Waals surface area contributed by atoms with Crippen LogP contribution in [0.1, 0.15) is 20.8 Å². The quantitative estimate of drug-likeness (QED) is 0.863. The molecule has 2 amide bonds. The number of ether oxygens (including phenoxy) is 2. The first-order valence-corrected chi connectivity index (χ1v) is 6.38. The predicted molar refractivity (Wildman–Crippen MR) is 73.9 cm³/mol. The van der Waals surface area contributed by atoms with E-state index in [1.807, 2.05) is 0 Å². The lowest BCUT2D eigenvalue weighted by molar-refractivity contribution is 0.171. The molecule has 5 heteroatoms. The van der Waals surface area contributed by atoms with Crippen LogP contribution in [0.3, 0.4) is 0 Å². The Balaban J connectivity index is 1.94. The highest BCUT2D eigenvalue weighted by molar-refractivity contribution is 5.89. The van der Waals surface area contributed by atoms with Gasteiger partial charge in [-0.25, -0.2) is 4.79 Å². The Bertz CT molecular complexity index is 466. The summed E-state index contributed by atoms with van der Waals surface area (Å²) in [6.07, 6.45) is 0. The van der Waals surface area contributed by atoms with Gasteiger partial charge in [-0.15, -0.1) is 0 Å². The molecule has 0 saturated carbocycles. The van der Waals surface area contributed by atoms with Crippen molar-refractivity contribution < 1.29 is 14.3 Å². The van der Waals surface area contributed by atoms with Crippen molar-refractivity contribution in [2.24, 2.45) is 5.41 Å². The van der Waals surface area contributed by atoms with Crippen LogP contribution in [0.15, 0.2) is 18.2 Å². The number of urea groups is 1. The number of rotatable bonds is 2. The summed E-state index contributed by atoms with van der Waals surface area (Å²) in [4.78, 5) is 11.7. The van der Waals surface area contributed by atoms with E-state index in [2.05, 4.69) is 31.4 Å². The summed E-state index contributed by atoms with van der Waals surface area (Å²) in [5.41, 5.74) is 0.750. The third-order valence-electron chi connectivity index (χ3n) is 2.58. The number of benzene rings is 1. The Morgan fingerprint density at radius 1 is 1.21 bits per heavy atom. The molecule has 1 aliphatic heterocycles. The van der Waals surface area contributed by atoms with Gasteiger partial charge in [-0.1, -0.05) is 20.8 Å². The Morgan fingerprint density at radius 3 is 2.58 bits per heavy atom. The minimum absolute atomic E-state index is 0.0597. The second-order valence-corrected chi connectivity index (χ2v) is 5.73. The summed E-state index contributed by atoms with van der Waals surface area (Å²) < 4.78 is 10.9. The van der Waals surface area contributed by atoms with Crippen LogP contribution in [-0.4, -0.2) is 25.8 Å². The standard InChI is InChI=1S/C14H20N2O3/c1-14(2,3)9-15-13(17)16-10-4-5-11-12(8-10)19-7-6-18-11/h4-5,8H,6-7,9H2,1-3H3,(H2,15,16,17). The number of hydrogen-bond donors (Lipinski definition) is 2. The molecule has 5 nitrogen and oxygen atoms in total. The average Bonchev–Trinajstić information content (AvgIpc) is 2.35. The van der Waals surface area contributed by atoms with Gasteiger partial charge in [0, 0.05) is 18.3 Å². The zero-order valence-electron chi connectivity index (χ0n) is 11.6. The normalized spacial score (nSPS) is 13.8. The van der Waals surface area contributed by atoms with Crippen LogP contribution < -0.4 is 20.1 Å². The van der Waals surface area contributed by atoms with Crippen molar-refractivity contribution in [3.05, 3.63) is 18.2 Å². The monoisotopic (exact) mass is 264 g/mol. The van der Waals surface area contributed by atoms with Crippen LogP contribution in [-0.2, 0) is 0 Å². The van der Waals surface area contributed by atoms with Crippen LogP contribution in [0.2, 0.25) is 0 Å². The first-order valence-electron chi connectivity index (χ1n) is 6.38. The van der Waals surface area contributed by atoms with Crippen LogP contribution in [0.4, 0.5) is 10.5 Å². The van der Waals surface area contributed by atoms with Crippen molar-refractivity contribution in [3.8, 4) is 11.5 Å². The molecule has 0 unspecified atom stereocenters. The van der Waals surface area contributed by atoms with Gasteiger partial charge in [-0.2, -0.15) is 0 Å². The molecule has 0 spiro atoms. The fourth-order valence-corrected chi connectivity index (χ4v) is 1.64.